The van der Waals surface area contributed by atoms with E-state index in [1.54, 1.807) is 6.92 Å². The van der Waals surface area contributed by atoms with E-state index in [1.165, 1.54) is 0 Å². The first-order valence-electron chi connectivity index (χ1n) is 9.60. The second kappa shape index (κ2) is 7.99. The summed E-state index contributed by atoms with van der Waals surface area (Å²) in [6, 6.07) is 0. The summed E-state index contributed by atoms with van der Waals surface area (Å²) in [7, 11) is 0. The molecular weight excluding hydrogens is 431 g/mol. The maximum atomic E-state index is 14.4. The minimum absolute atomic E-state index is 0.169. The van der Waals surface area contributed by atoms with Crippen LogP contribution in [0.3, 0.4) is 0 Å². The maximum Gasteiger partial charge on any atom is 0.143 e. The molecule has 8 unspecified atom stereocenters. The molecule has 140 valence electrons. The third-order valence-electron chi connectivity index (χ3n) is 7.07. The Bertz CT molecular complexity index is 374. The summed E-state index contributed by atoms with van der Waals surface area (Å²) in [5.74, 6) is -0.0714. The van der Waals surface area contributed by atoms with E-state index in [4.69, 9.17) is 0 Å². The first kappa shape index (κ1) is 19.2. The molecule has 0 spiro atoms. The molecule has 0 saturated heterocycles. The van der Waals surface area contributed by atoms with E-state index in [0.29, 0.717) is 0 Å². The molecule has 0 aromatic heterocycles. The highest BCUT2D eigenvalue weighted by molar-refractivity contribution is 14.1. The van der Waals surface area contributed by atoms with E-state index in [-0.39, 0.29) is 33.5 Å². The Labute approximate surface area is 156 Å². The Balaban J connectivity index is 1.54. The fourth-order valence-corrected chi connectivity index (χ4v) is 6.18. The topological polar surface area (TPSA) is 0 Å². The monoisotopic (exact) mass is 460 g/mol. The third-order valence-corrected chi connectivity index (χ3v) is 8.38. The summed E-state index contributed by atoms with van der Waals surface area (Å²) in [5, 5.41) is 0. The van der Waals surface area contributed by atoms with Gasteiger partial charge in [0, 0.05) is 3.92 Å². The molecule has 24 heavy (non-hydrogen) atoms. The highest BCUT2D eigenvalue weighted by Crippen LogP contribution is 2.48. The van der Waals surface area contributed by atoms with Crippen molar-refractivity contribution in [3.05, 3.63) is 0 Å². The molecular formula is C19H29F4I. The lowest BCUT2D eigenvalue weighted by Crippen LogP contribution is -2.44. The van der Waals surface area contributed by atoms with Gasteiger partial charge < -0.3 is 0 Å². The zero-order valence-electron chi connectivity index (χ0n) is 14.3. The van der Waals surface area contributed by atoms with E-state index in [9.17, 15) is 17.6 Å². The first-order valence-corrected chi connectivity index (χ1v) is 10.8. The summed E-state index contributed by atoms with van der Waals surface area (Å²) >= 11 is 2.02. The first-order chi connectivity index (χ1) is 11.4. The van der Waals surface area contributed by atoms with Crippen LogP contribution in [0.1, 0.15) is 58.3 Å². The lowest BCUT2D eigenvalue weighted by atomic mass is 9.64. The molecule has 3 saturated carbocycles. The van der Waals surface area contributed by atoms with Gasteiger partial charge >= 0.3 is 0 Å². The number of hydrogen-bond donors (Lipinski definition) is 0. The van der Waals surface area contributed by atoms with Gasteiger partial charge in [0.1, 0.15) is 24.7 Å². The van der Waals surface area contributed by atoms with Gasteiger partial charge in [0.15, 0.2) is 0 Å². The number of rotatable bonds is 2. The molecule has 0 radical (unpaired) electrons. The predicted molar refractivity (Wildman–Crippen MR) is 97.5 cm³/mol. The Morgan fingerprint density at radius 1 is 0.583 bits per heavy atom. The van der Waals surface area contributed by atoms with Crippen LogP contribution in [0.2, 0.25) is 0 Å². The average molecular weight is 460 g/mol. The molecule has 0 N–H and O–H groups in total. The SMILES string of the molecule is CC1CCC(C2CCC(C3CCC(I)C(F)C3F)CC2)C(F)C1F. The number of hydrogen-bond acceptors (Lipinski definition) is 0. The van der Waals surface area contributed by atoms with Gasteiger partial charge in [0.2, 0.25) is 0 Å². The molecule has 8 atom stereocenters. The Morgan fingerprint density at radius 3 is 1.58 bits per heavy atom. The van der Waals surface area contributed by atoms with Crippen LogP contribution in [-0.4, -0.2) is 28.6 Å². The van der Waals surface area contributed by atoms with E-state index in [2.05, 4.69) is 0 Å². The van der Waals surface area contributed by atoms with E-state index in [1.807, 2.05) is 22.6 Å². The lowest BCUT2D eigenvalue weighted by molar-refractivity contribution is -0.0184. The molecule has 3 fully saturated rings. The molecule has 0 heterocycles. The fourth-order valence-electron chi connectivity index (χ4n) is 5.42. The van der Waals surface area contributed by atoms with Crippen molar-refractivity contribution < 1.29 is 17.6 Å². The lowest BCUT2D eigenvalue weighted by Gasteiger charge is -2.43. The van der Waals surface area contributed by atoms with Crippen molar-refractivity contribution >= 4 is 22.6 Å². The Hall–Kier alpha value is 0.450. The molecule has 5 heteroatoms. The van der Waals surface area contributed by atoms with Gasteiger partial charge in [0.05, 0.1) is 0 Å². The largest absolute Gasteiger partial charge is 0.244 e. The third kappa shape index (κ3) is 3.75. The van der Waals surface area contributed by atoms with Crippen LogP contribution in [0.15, 0.2) is 0 Å². The van der Waals surface area contributed by atoms with E-state index < -0.39 is 24.7 Å². The second-order valence-corrected chi connectivity index (χ2v) is 10.0. The van der Waals surface area contributed by atoms with Crippen LogP contribution in [0, 0.1) is 29.6 Å². The van der Waals surface area contributed by atoms with Crippen molar-refractivity contribution in [2.24, 2.45) is 29.6 Å². The zero-order chi connectivity index (χ0) is 17.4. The van der Waals surface area contributed by atoms with E-state index >= 15 is 0 Å². The number of alkyl halides is 5. The molecule has 0 aromatic rings. The van der Waals surface area contributed by atoms with Crippen molar-refractivity contribution in [1.29, 1.82) is 0 Å². The van der Waals surface area contributed by atoms with Crippen molar-refractivity contribution in [2.45, 2.75) is 86.9 Å². The molecule has 3 aliphatic carbocycles. The predicted octanol–water partition coefficient (Wildman–Crippen LogP) is 6.40. The van der Waals surface area contributed by atoms with Gasteiger partial charge in [-0.2, -0.15) is 0 Å². The van der Waals surface area contributed by atoms with Gasteiger partial charge in [-0.1, -0.05) is 29.5 Å². The van der Waals surface area contributed by atoms with Crippen LogP contribution in [0.4, 0.5) is 17.6 Å². The fraction of sp³-hybridized carbons (Fsp3) is 1.00. The summed E-state index contributed by atoms with van der Waals surface area (Å²) in [5.41, 5.74) is 0. The summed E-state index contributed by atoms with van der Waals surface area (Å²) < 4.78 is 56.6. The summed E-state index contributed by atoms with van der Waals surface area (Å²) in [6.45, 7) is 1.79. The van der Waals surface area contributed by atoms with Gasteiger partial charge in [0.25, 0.3) is 0 Å². The zero-order valence-corrected chi connectivity index (χ0v) is 16.5. The minimum atomic E-state index is -1.35. The Morgan fingerprint density at radius 2 is 1.04 bits per heavy atom. The van der Waals surface area contributed by atoms with Crippen LogP contribution < -0.4 is 0 Å². The maximum absolute atomic E-state index is 14.4. The van der Waals surface area contributed by atoms with Crippen molar-refractivity contribution in [3.8, 4) is 0 Å². The molecule has 0 aliphatic heterocycles. The average Bonchev–Trinajstić information content (AvgIpc) is 2.58. The van der Waals surface area contributed by atoms with E-state index in [0.717, 1.165) is 51.4 Å². The van der Waals surface area contributed by atoms with Crippen LogP contribution >= 0.6 is 22.6 Å². The normalized spacial score (nSPS) is 53.8. The second-order valence-electron chi connectivity index (χ2n) is 8.43. The smallest absolute Gasteiger partial charge is 0.143 e. The van der Waals surface area contributed by atoms with Crippen LogP contribution in [-0.2, 0) is 0 Å². The Kier molecular flexibility index (Phi) is 6.40. The summed E-state index contributed by atoms with van der Waals surface area (Å²) in [4.78, 5) is 0. The molecule has 0 bridgehead atoms. The van der Waals surface area contributed by atoms with Crippen molar-refractivity contribution in [3.63, 3.8) is 0 Å². The summed E-state index contributed by atoms with van der Waals surface area (Å²) in [6.07, 6.45) is 1.11. The van der Waals surface area contributed by atoms with Gasteiger partial charge in [-0.3, -0.25) is 0 Å². The standard InChI is InChI=1S/C19H29F4I/c1-10-2-7-13(17(21)16(10)20)11-3-5-12(6-4-11)14-8-9-15(24)19(23)18(14)22/h10-19H,2-9H2,1H3. The highest BCUT2D eigenvalue weighted by atomic mass is 127. The molecule has 0 amide bonds. The van der Waals surface area contributed by atoms with Crippen LogP contribution in [0.5, 0.6) is 0 Å². The molecule has 0 aromatic carbocycles. The van der Waals surface area contributed by atoms with Crippen molar-refractivity contribution in [1.82, 2.24) is 0 Å². The number of halogens is 5. The van der Waals surface area contributed by atoms with Gasteiger partial charge in [-0.15, -0.1) is 0 Å². The molecule has 3 rings (SSSR count). The molecule has 3 aliphatic rings. The van der Waals surface area contributed by atoms with Crippen LogP contribution in [0.25, 0.3) is 0 Å². The highest BCUT2D eigenvalue weighted by Gasteiger charge is 2.46. The van der Waals surface area contributed by atoms with Crippen molar-refractivity contribution in [2.75, 3.05) is 0 Å². The minimum Gasteiger partial charge on any atom is -0.244 e. The molecule has 0 nitrogen and oxygen atoms in total. The quantitative estimate of drug-likeness (QED) is 0.254. The van der Waals surface area contributed by atoms with Gasteiger partial charge in [-0.05, 0) is 81.0 Å². The van der Waals surface area contributed by atoms with Gasteiger partial charge in [-0.25, -0.2) is 17.6 Å².